The van der Waals surface area contributed by atoms with E-state index in [9.17, 15) is 4.21 Å². The molecule has 1 rings (SSSR count). The smallest absolute Gasteiger partial charge is 0.0576 e. The van der Waals surface area contributed by atoms with E-state index < -0.39 is 10.8 Å². The third kappa shape index (κ3) is 3.38. The summed E-state index contributed by atoms with van der Waals surface area (Å²) in [7, 11) is -0.779. The van der Waals surface area contributed by atoms with Gasteiger partial charge in [-0.05, 0) is 19.1 Å². The maximum absolute atomic E-state index is 11.0. The van der Waals surface area contributed by atoms with Gasteiger partial charge in [0.05, 0.1) is 11.4 Å². The molecule has 2 atom stereocenters. The maximum atomic E-state index is 11.0. The number of rotatable bonds is 4. The van der Waals surface area contributed by atoms with Crippen LogP contribution < -0.4 is 11.1 Å². The zero-order valence-electron chi connectivity index (χ0n) is 8.49. The van der Waals surface area contributed by atoms with Crippen LogP contribution in [0, 0.1) is 0 Å². The van der Waals surface area contributed by atoms with E-state index in [1.54, 1.807) is 6.26 Å². The average molecular weight is 212 g/mol. The number of hydrogen-bond acceptors (Lipinski definition) is 3. The van der Waals surface area contributed by atoms with E-state index >= 15 is 0 Å². The van der Waals surface area contributed by atoms with Crippen molar-refractivity contribution in [3.63, 3.8) is 0 Å². The number of para-hydroxylation sites is 2. The van der Waals surface area contributed by atoms with Gasteiger partial charge in [0.2, 0.25) is 0 Å². The number of nitrogens with one attached hydrogen (secondary N) is 1. The van der Waals surface area contributed by atoms with Gasteiger partial charge in [-0.25, -0.2) is 0 Å². The minimum Gasteiger partial charge on any atom is -0.397 e. The molecule has 14 heavy (non-hydrogen) atoms. The van der Waals surface area contributed by atoms with Gasteiger partial charge in [-0.3, -0.25) is 4.21 Å². The molecule has 0 fully saturated rings. The third-order valence-corrected chi connectivity index (χ3v) is 2.82. The molecule has 0 spiro atoms. The van der Waals surface area contributed by atoms with Gasteiger partial charge in [-0.1, -0.05) is 12.1 Å². The Morgan fingerprint density at radius 1 is 1.50 bits per heavy atom. The number of nitrogens with two attached hydrogens (primary N) is 1. The lowest BCUT2D eigenvalue weighted by molar-refractivity contribution is 0.683. The second-order valence-corrected chi connectivity index (χ2v) is 4.85. The van der Waals surface area contributed by atoms with E-state index in [0.29, 0.717) is 5.75 Å². The number of hydrogen-bond donors (Lipinski definition) is 2. The molecule has 1 aromatic rings. The lowest BCUT2D eigenvalue weighted by Gasteiger charge is -2.15. The van der Waals surface area contributed by atoms with Gasteiger partial charge in [0.15, 0.2) is 0 Å². The molecule has 0 aliphatic carbocycles. The van der Waals surface area contributed by atoms with E-state index in [1.165, 1.54) is 0 Å². The quantitative estimate of drug-likeness (QED) is 0.743. The zero-order valence-corrected chi connectivity index (χ0v) is 9.30. The fourth-order valence-corrected chi connectivity index (χ4v) is 2.08. The molecule has 0 saturated heterocycles. The highest BCUT2D eigenvalue weighted by atomic mass is 32.2. The van der Waals surface area contributed by atoms with Gasteiger partial charge >= 0.3 is 0 Å². The van der Waals surface area contributed by atoms with Crippen LogP contribution in [0.25, 0.3) is 0 Å². The number of nitrogen functional groups attached to an aromatic ring is 1. The van der Waals surface area contributed by atoms with Gasteiger partial charge < -0.3 is 11.1 Å². The minimum atomic E-state index is -0.779. The molecule has 0 bridgehead atoms. The number of benzene rings is 1. The van der Waals surface area contributed by atoms with Crippen molar-refractivity contribution in [1.29, 1.82) is 0 Å². The van der Waals surface area contributed by atoms with Gasteiger partial charge in [-0.2, -0.15) is 0 Å². The minimum absolute atomic E-state index is 0.172. The van der Waals surface area contributed by atoms with Crippen molar-refractivity contribution >= 4 is 22.2 Å². The van der Waals surface area contributed by atoms with Crippen LogP contribution in [0.3, 0.4) is 0 Å². The summed E-state index contributed by atoms with van der Waals surface area (Å²) in [6.07, 6.45) is 1.70. The van der Waals surface area contributed by atoms with Crippen molar-refractivity contribution in [2.75, 3.05) is 23.1 Å². The Morgan fingerprint density at radius 2 is 2.14 bits per heavy atom. The maximum Gasteiger partial charge on any atom is 0.0576 e. The monoisotopic (exact) mass is 212 g/mol. The van der Waals surface area contributed by atoms with Gasteiger partial charge in [0, 0.05) is 28.9 Å². The van der Waals surface area contributed by atoms with Gasteiger partial charge in [0.1, 0.15) is 0 Å². The Bertz CT molecular complexity index is 328. The van der Waals surface area contributed by atoms with E-state index in [-0.39, 0.29) is 6.04 Å². The lowest BCUT2D eigenvalue weighted by atomic mass is 10.2. The first-order chi connectivity index (χ1) is 6.59. The summed E-state index contributed by atoms with van der Waals surface area (Å²) in [6, 6.07) is 7.75. The van der Waals surface area contributed by atoms with Crippen molar-refractivity contribution in [1.82, 2.24) is 0 Å². The van der Waals surface area contributed by atoms with Crippen molar-refractivity contribution in [3.05, 3.63) is 24.3 Å². The summed E-state index contributed by atoms with van der Waals surface area (Å²) in [5, 5.41) is 3.22. The number of anilines is 2. The molecule has 0 radical (unpaired) electrons. The third-order valence-electron chi connectivity index (χ3n) is 1.85. The fraction of sp³-hybridized carbons (Fsp3) is 0.400. The van der Waals surface area contributed by atoms with Crippen LogP contribution in [0.4, 0.5) is 11.4 Å². The highest BCUT2D eigenvalue weighted by molar-refractivity contribution is 7.84. The second kappa shape index (κ2) is 5.00. The summed E-state index contributed by atoms with van der Waals surface area (Å²) >= 11 is 0. The van der Waals surface area contributed by atoms with Crippen LogP contribution in [0.5, 0.6) is 0 Å². The molecule has 0 aromatic heterocycles. The molecular weight excluding hydrogens is 196 g/mol. The summed E-state index contributed by atoms with van der Waals surface area (Å²) in [5.41, 5.74) is 7.39. The second-order valence-electron chi connectivity index (χ2n) is 3.37. The van der Waals surface area contributed by atoms with Gasteiger partial charge in [0.25, 0.3) is 0 Å². The van der Waals surface area contributed by atoms with Crippen LogP contribution in [-0.4, -0.2) is 22.3 Å². The molecule has 78 valence electrons. The normalized spacial score (nSPS) is 14.7. The van der Waals surface area contributed by atoms with Crippen molar-refractivity contribution in [3.8, 4) is 0 Å². The molecule has 0 aliphatic rings. The van der Waals surface area contributed by atoms with Crippen LogP contribution in [-0.2, 0) is 10.8 Å². The summed E-state index contributed by atoms with van der Waals surface area (Å²) in [6.45, 7) is 1.99. The molecule has 3 N–H and O–H groups in total. The van der Waals surface area contributed by atoms with Crippen LogP contribution in [0.15, 0.2) is 24.3 Å². The van der Waals surface area contributed by atoms with Crippen molar-refractivity contribution in [2.24, 2.45) is 0 Å². The van der Waals surface area contributed by atoms with Crippen LogP contribution in [0.1, 0.15) is 6.92 Å². The molecule has 0 aliphatic heterocycles. The molecule has 0 heterocycles. The predicted molar refractivity (Wildman–Crippen MR) is 62.9 cm³/mol. The first-order valence-corrected chi connectivity index (χ1v) is 6.23. The first-order valence-electron chi connectivity index (χ1n) is 4.50. The van der Waals surface area contributed by atoms with Crippen LogP contribution in [0.2, 0.25) is 0 Å². The zero-order chi connectivity index (χ0) is 10.6. The highest BCUT2D eigenvalue weighted by Gasteiger charge is 2.05. The van der Waals surface area contributed by atoms with E-state index in [4.69, 9.17) is 5.73 Å². The first kappa shape index (κ1) is 11.0. The Hall–Kier alpha value is -1.03. The summed E-state index contributed by atoms with van der Waals surface area (Å²) < 4.78 is 11.0. The van der Waals surface area contributed by atoms with E-state index in [1.807, 2.05) is 31.2 Å². The highest BCUT2D eigenvalue weighted by Crippen LogP contribution is 2.17. The van der Waals surface area contributed by atoms with E-state index in [0.717, 1.165) is 11.4 Å². The van der Waals surface area contributed by atoms with Crippen molar-refractivity contribution < 1.29 is 4.21 Å². The molecule has 4 heteroatoms. The molecule has 0 saturated carbocycles. The van der Waals surface area contributed by atoms with Crippen LogP contribution >= 0.6 is 0 Å². The fourth-order valence-electron chi connectivity index (χ4n) is 1.29. The van der Waals surface area contributed by atoms with E-state index in [2.05, 4.69) is 5.32 Å². The Morgan fingerprint density at radius 3 is 2.71 bits per heavy atom. The summed E-state index contributed by atoms with van der Waals surface area (Å²) in [4.78, 5) is 0. The SMILES string of the molecule is CC(CS(C)=O)Nc1ccccc1N. The summed E-state index contributed by atoms with van der Waals surface area (Å²) in [5.74, 6) is 0.633. The molecule has 0 amide bonds. The Labute approximate surface area is 87.2 Å². The standard InChI is InChI=1S/C10H16N2OS/c1-8(7-14(2)13)12-10-6-4-3-5-9(10)11/h3-6,8,12H,7,11H2,1-2H3. The predicted octanol–water partition coefficient (Wildman–Crippen LogP) is 1.45. The lowest BCUT2D eigenvalue weighted by Crippen LogP contribution is -2.22. The molecule has 1 aromatic carbocycles. The van der Waals surface area contributed by atoms with Crippen molar-refractivity contribution in [2.45, 2.75) is 13.0 Å². The Kier molecular flexibility index (Phi) is 3.95. The molecule has 2 unspecified atom stereocenters. The Balaban J connectivity index is 2.60. The molecular formula is C10H16N2OS. The average Bonchev–Trinajstić information content (AvgIpc) is 2.07. The largest absolute Gasteiger partial charge is 0.397 e. The van der Waals surface area contributed by atoms with Gasteiger partial charge in [-0.15, -0.1) is 0 Å². The molecule has 3 nitrogen and oxygen atoms in total. The topological polar surface area (TPSA) is 55.1 Å².